The van der Waals surface area contributed by atoms with Gasteiger partial charge in [0.25, 0.3) is 19.9 Å². The van der Waals surface area contributed by atoms with Crippen LogP contribution in [0.4, 0.5) is 30.4 Å². The molecule has 2 N–H and O–H groups in total. The number of aromatic nitrogens is 2. The molecule has 2 fully saturated rings. The van der Waals surface area contributed by atoms with Crippen LogP contribution in [-0.2, 0) is 31.1 Å². The number of alkyl halides is 3. The third-order valence-electron chi connectivity index (χ3n) is 11.3. The van der Waals surface area contributed by atoms with Gasteiger partial charge in [-0.05, 0) is 71.6 Å². The van der Waals surface area contributed by atoms with Crippen LogP contribution in [0.3, 0.4) is 0 Å². The SMILES string of the molecule is C=C/C=C\C=C/CSC[C@@H](CCN1CCOCC1)Nc1ccc(S(=O)(=O)Nc2ncnc3cc(N4CCN(Cc5ccccc5-c5ccc(Cl)cc5)CC4)ccc23)cc1S(=O)(=O)C(F)(F)F. The van der Waals surface area contributed by atoms with E-state index in [1.165, 1.54) is 23.7 Å². The van der Waals surface area contributed by atoms with Crippen molar-refractivity contribution in [2.24, 2.45) is 0 Å². The minimum absolute atomic E-state index is 0.118. The Morgan fingerprint density at radius 2 is 1.62 bits per heavy atom. The van der Waals surface area contributed by atoms with Gasteiger partial charge in [0.05, 0.1) is 29.3 Å². The number of nitrogens with zero attached hydrogens (tertiary/aromatic N) is 5. The summed E-state index contributed by atoms with van der Waals surface area (Å²) in [5, 5.41) is 4.06. The van der Waals surface area contributed by atoms with E-state index < -0.39 is 41.2 Å². The van der Waals surface area contributed by atoms with Gasteiger partial charge in [-0.3, -0.25) is 14.5 Å². The van der Waals surface area contributed by atoms with Gasteiger partial charge in [-0.15, -0.1) is 0 Å². The highest BCUT2D eigenvalue weighted by Crippen LogP contribution is 2.37. The first kappa shape index (κ1) is 49.0. The lowest BCUT2D eigenvalue weighted by Gasteiger charge is -2.36. The highest BCUT2D eigenvalue weighted by atomic mass is 35.5. The standard InChI is InChI=1S/C47H51ClF3N7O5S3/c1-2-3-4-5-8-29-64-33-38(19-20-56-25-27-63-28-26-56)54-43-18-16-40(31-45(43)65(59,60)47(49,50)51)66(61,62)55-46-42-17-15-39(30-44(42)52-34-53-46)58-23-21-57(22-24-58)32-36-9-6-7-10-41(36)35-11-13-37(48)14-12-35/h2-18,30-31,34,38,54H,1,19-29,32-33H2,(H,52,53,55)/b4-3-,8-5-/t38-/m1/s1. The molecule has 2 aliphatic rings. The van der Waals surface area contributed by atoms with Gasteiger partial charge in [-0.25, -0.2) is 26.8 Å². The second kappa shape index (κ2) is 22.2. The van der Waals surface area contributed by atoms with Gasteiger partial charge in [0, 0.05) is 86.0 Å². The summed E-state index contributed by atoms with van der Waals surface area (Å²) in [6.07, 6.45) is 10.7. The lowest BCUT2D eigenvalue weighted by molar-refractivity contribution is -0.0435. The molecule has 0 saturated carbocycles. The first-order valence-electron chi connectivity index (χ1n) is 21.3. The van der Waals surface area contributed by atoms with Crippen molar-refractivity contribution in [1.82, 2.24) is 19.8 Å². The molecule has 66 heavy (non-hydrogen) atoms. The third-order valence-corrected chi connectivity index (χ3v) is 15.5. The van der Waals surface area contributed by atoms with Gasteiger partial charge in [-0.1, -0.05) is 85.0 Å². The molecule has 0 bridgehead atoms. The number of morpholine rings is 1. The summed E-state index contributed by atoms with van der Waals surface area (Å²) in [6.45, 7) is 10.5. The molecule has 0 unspecified atom stereocenters. The van der Waals surface area contributed by atoms with Crippen LogP contribution in [0.5, 0.6) is 0 Å². The number of hydrogen-bond donors (Lipinski definition) is 2. The Bertz CT molecular complexity index is 2750. The molecule has 2 aliphatic heterocycles. The van der Waals surface area contributed by atoms with Crippen LogP contribution in [0.25, 0.3) is 22.0 Å². The Morgan fingerprint density at radius 3 is 2.36 bits per heavy atom. The summed E-state index contributed by atoms with van der Waals surface area (Å²) in [4.78, 5) is 13.4. The Kier molecular flexibility index (Phi) is 16.5. The first-order valence-corrected chi connectivity index (χ1v) is 25.8. The number of halogens is 4. The van der Waals surface area contributed by atoms with Crippen molar-refractivity contribution >= 4 is 71.3 Å². The molecule has 19 heteroatoms. The van der Waals surface area contributed by atoms with E-state index in [1.54, 1.807) is 18.2 Å². The predicted molar refractivity (Wildman–Crippen MR) is 259 cm³/mol. The van der Waals surface area contributed by atoms with Crippen LogP contribution in [0.2, 0.25) is 5.02 Å². The van der Waals surface area contributed by atoms with Crippen LogP contribution < -0.4 is 14.9 Å². The number of fused-ring (bicyclic) bond motifs is 1. The number of benzene rings is 4. The van der Waals surface area contributed by atoms with Crippen molar-refractivity contribution in [2.75, 3.05) is 85.5 Å². The summed E-state index contributed by atoms with van der Waals surface area (Å²) < 4.78 is 105. The van der Waals surface area contributed by atoms with E-state index in [-0.39, 0.29) is 11.5 Å². The van der Waals surface area contributed by atoms with Gasteiger partial charge in [0.2, 0.25) is 0 Å². The molecule has 1 atom stereocenters. The third kappa shape index (κ3) is 12.5. The topological polar surface area (TPSA) is 137 Å². The number of anilines is 3. The normalized spacial score (nSPS) is 16.3. The maximum absolute atomic E-state index is 14.3. The zero-order valence-electron chi connectivity index (χ0n) is 36.0. The molecule has 0 aliphatic carbocycles. The lowest BCUT2D eigenvalue weighted by Crippen LogP contribution is -2.46. The van der Waals surface area contributed by atoms with Gasteiger partial charge in [0.1, 0.15) is 11.2 Å². The fraction of sp³-hybridized carbons (Fsp3) is 0.319. The van der Waals surface area contributed by atoms with Crippen LogP contribution >= 0.6 is 23.4 Å². The first-order chi connectivity index (χ1) is 31.7. The Balaban J connectivity index is 1.06. The fourth-order valence-corrected chi connectivity index (χ4v) is 10.9. The summed E-state index contributed by atoms with van der Waals surface area (Å²) in [5.41, 5.74) is -1.29. The predicted octanol–water partition coefficient (Wildman–Crippen LogP) is 8.90. The average Bonchev–Trinajstić information content (AvgIpc) is 3.31. The van der Waals surface area contributed by atoms with Crippen LogP contribution in [0.1, 0.15) is 12.0 Å². The van der Waals surface area contributed by atoms with E-state index in [9.17, 15) is 30.0 Å². The number of thioether (sulfide) groups is 1. The van der Waals surface area contributed by atoms with Crippen molar-refractivity contribution in [2.45, 2.75) is 34.3 Å². The Labute approximate surface area is 393 Å². The molecule has 4 aromatic carbocycles. The number of allylic oxidation sites excluding steroid dienone is 4. The maximum Gasteiger partial charge on any atom is 0.501 e. The molecular formula is C47H51ClF3N7O5S3. The second-order valence-electron chi connectivity index (χ2n) is 15.7. The van der Waals surface area contributed by atoms with E-state index in [1.807, 2.05) is 66.8 Å². The molecule has 0 radical (unpaired) electrons. The molecular weight excluding hydrogens is 931 g/mol. The Morgan fingerprint density at radius 1 is 0.864 bits per heavy atom. The molecule has 1 aromatic heterocycles. The van der Waals surface area contributed by atoms with E-state index in [0.717, 1.165) is 61.7 Å². The second-order valence-corrected chi connectivity index (χ2v) is 20.8. The zero-order chi connectivity index (χ0) is 46.7. The number of sulfone groups is 1. The number of nitrogens with one attached hydrogen (secondary N) is 2. The van der Waals surface area contributed by atoms with E-state index >= 15 is 0 Å². The van der Waals surface area contributed by atoms with Gasteiger partial charge in [-0.2, -0.15) is 24.9 Å². The minimum atomic E-state index is -6.02. The van der Waals surface area contributed by atoms with Gasteiger partial charge < -0.3 is 15.0 Å². The maximum atomic E-state index is 14.3. The molecule has 0 amide bonds. The molecule has 12 nitrogen and oxygen atoms in total. The summed E-state index contributed by atoms with van der Waals surface area (Å²) in [6, 6.07) is 23.7. The van der Waals surface area contributed by atoms with Gasteiger partial charge in [0.15, 0.2) is 5.82 Å². The molecule has 0 spiro atoms. The summed E-state index contributed by atoms with van der Waals surface area (Å²) >= 11 is 7.65. The van der Waals surface area contributed by atoms with Crippen molar-refractivity contribution in [3.8, 4) is 11.1 Å². The quantitative estimate of drug-likeness (QED) is 0.0604. The largest absolute Gasteiger partial charge is 0.501 e. The smallest absolute Gasteiger partial charge is 0.380 e. The summed E-state index contributed by atoms with van der Waals surface area (Å²) in [5.74, 6) is 0.895. The molecule has 3 heterocycles. The zero-order valence-corrected chi connectivity index (χ0v) is 39.2. The minimum Gasteiger partial charge on any atom is -0.380 e. The highest BCUT2D eigenvalue weighted by molar-refractivity contribution is 7.99. The Hall–Kier alpha value is -4.95. The lowest BCUT2D eigenvalue weighted by atomic mass is 9.99. The summed E-state index contributed by atoms with van der Waals surface area (Å²) in [7, 11) is -10.7. The van der Waals surface area contributed by atoms with Crippen molar-refractivity contribution in [3.63, 3.8) is 0 Å². The monoisotopic (exact) mass is 981 g/mol. The number of piperazine rings is 1. The van der Waals surface area contributed by atoms with Crippen molar-refractivity contribution in [3.05, 3.63) is 139 Å². The number of rotatable bonds is 19. The number of hydrogen-bond acceptors (Lipinski definition) is 12. The number of sulfonamides is 1. The molecule has 7 rings (SSSR count). The number of ether oxygens (including phenoxy) is 1. The molecule has 2 saturated heterocycles. The van der Waals surface area contributed by atoms with Crippen LogP contribution in [-0.4, -0.2) is 119 Å². The fourth-order valence-electron chi connectivity index (χ4n) is 7.76. The van der Waals surface area contributed by atoms with Crippen LogP contribution in [0, 0.1) is 0 Å². The van der Waals surface area contributed by atoms with E-state index in [4.69, 9.17) is 16.3 Å². The molecule has 350 valence electrons. The van der Waals surface area contributed by atoms with Crippen LogP contribution in [0.15, 0.2) is 138 Å². The van der Waals surface area contributed by atoms with Crippen molar-refractivity contribution in [1.29, 1.82) is 0 Å². The van der Waals surface area contributed by atoms with Crippen molar-refractivity contribution < 1.29 is 34.7 Å². The highest BCUT2D eigenvalue weighted by Gasteiger charge is 2.48. The van der Waals surface area contributed by atoms with E-state index in [2.05, 4.69) is 53.4 Å². The van der Waals surface area contributed by atoms with Gasteiger partial charge >= 0.3 is 5.51 Å². The average molecular weight is 983 g/mol. The van der Waals surface area contributed by atoms with E-state index in [0.29, 0.717) is 72.8 Å². The molecule has 5 aromatic rings.